The van der Waals surface area contributed by atoms with E-state index in [2.05, 4.69) is 30.3 Å². The average molecular weight is 204 g/mol. The summed E-state index contributed by atoms with van der Waals surface area (Å²) in [7, 11) is 0. The first-order valence-electron chi connectivity index (χ1n) is 5.70. The topological polar surface area (TPSA) is 25.1 Å². The minimum atomic E-state index is 0.508. The first-order valence-corrected chi connectivity index (χ1v) is 5.70. The van der Waals surface area contributed by atoms with Gasteiger partial charge in [0.25, 0.3) is 0 Å². The molecule has 1 aromatic carbocycles. The molecule has 3 rings (SSSR count). The molecule has 0 radical (unpaired) electrons. The molecule has 2 fully saturated rings. The molecule has 2 atom stereocenters. The maximum Gasteiger partial charge on any atom is 0.0815 e. The quantitative estimate of drug-likeness (QED) is 0.688. The first-order chi connectivity index (χ1) is 7.42. The predicted molar refractivity (Wildman–Crippen MR) is 57.9 cm³/mol. The van der Waals surface area contributed by atoms with Gasteiger partial charge in [0.05, 0.1) is 25.4 Å². The van der Waals surface area contributed by atoms with Gasteiger partial charge in [0, 0.05) is 0 Å². The number of epoxide rings is 2. The Hall–Kier alpha value is -0.860. The molecule has 2 heteroatoms. The largest absolute Gasteiger partial charge is 0.373 e. The fraction of sp³-hybridized carbons (Fsp3) is 0.538. The second kappa shape index (κ2) is 3.95. The van der Waals surface area contributed by atoms with Crippen LogP contribution < -0.4 is 0 Å². The number of hydrogen-bond donors (Lipinski definition) is 0. The molecule has 2 aliphatic heterocycles. The van der Waals surface area contributed by atoms with Crippen molar-refractivity contribution in [2.75, 3.05) is 13.2 Å². The molecule has 0 spiro atoms. The summed E-state index contributed by atoms with van der Waals surface area (Å²) in [6, 6.07) is 10.7. The van der Waals surface area contributed by atoms with E-state index in [0.717, 1.165) is 26.1 Å². The molecule has 0 amide bonds. The molecule has 0 bridgehead atoms. The van der Waals surface area contributed by atoms with Crippen LogP contribution >= 0.6 is 0 Å². The molecule has 1 aromatic rings. The Morgan fingerprint density at radius 1 is 1.00 bits per heavy atom. The van der Waals surface area contributed by atoms with E-state index < -0.39 is 0 Å². The van der Waals surface area contributed by atoms with Crippen molar-refractivity contribution in [2.45, 2.75) is 31.0 Å². The van der Waals surface area contributed by atoms with Gasteiger partial charge in [0.1, 0.15) is 0 Å². The minimum absolute atomic E-state index is 0.508. The van der Waals surface area contributed by atoms with Crippen molar-refractivity contribution < 1.29 is 9.47 Å². The minimum Gasteiger partial charge on any atom is -0.373 e. The van der Waals surface area contributed by atoms with Gasteiger partial charge in [-0.05, 0) is 24.3 Å². The molecule has 0 aliphatic carbocycles. The smallest absolute Gasteiger partial charge is 0.0815 e. The molecule has 2 heterocycles. The van der Waals surface area contributed by atoms with Gasteiger partial charge in [0.2, 0.25) is 0 Å². The van der Waals surface area contributed by atoms with E-state index in [0.29, 0.717) is 18.1 Å². The Morgan fingerprint density at radius 2 is 1.53 bits per heavy atom. The highest BCUT2D eigenvalue weighted by atomic mass is 16.6. The normalized spacial score (nSPS) is 29.9. The van der Waals surface area contributed by atoms with Crippen molar-refractivity contribution in [1.29, 1.82) is 0 Å². The van der Waals surface area contributed by atoms with E-state index in [1.807, 2.05) is 0 Å². The second-order valence-corrected chi connectivity index (χ2v) is 4.49. The summed E-state index contributed by atoms with van der Waals surface area (Å²) in [5.41, 5.74) is 1.43. The maximum atomic E-state index is 5.32. The number of rotatable bonds is 5. The highest BCUT2D eigenvalue weighted by Gasteiger charge is 2.32. The lowest BCUT2D eigenvalue weighted by Gasteiger charge is -2.14. The lowest BCUT2D eigenvalue weighted by Crippen LogP contribution is -2.06. The zero-order valence-electron chi connectivity index (χ0n) is 8.76. The summed E-state index contributed by atoms with van der Waals surface area (Å²) < 4.78 is 10.6. The van der Waals surface area contributed by atoms with E-state index in [1.165, 1.54) is 5.56 Å². The molecule has 80 valence electrons. The van der Waals surface area contributed by atoms with Gasteiger partial charge >= 0.3 is 0 Å². The van der Waals surface area contributed by atoms with Gasteiger partial charge in [0.15, 0.2) is 0 Å². The molecule has 0 N–H and O–H groups in total. The molecule has 0 aromatic heterocycles. The standard InChI is InChI=1S/C13H16O2/c1-2-4-10(5-3-1)11(6-12-8-14-12)7-13-9-15-13/h1-5,11-13H,6-9H2. The van der Waals surface area contributed by atoms with Crippen molar-refractivity contribution in [2.24, 2.45) is 0 Å². The monoisotopic (exact) mass is 204 g/mol. The summed E-state index contributed by atoms with van der Waals surface area (Å²) in [5.74, 6) is 0.617. The van der Waals surface area contributed by atoms with Gasteiger partial charge in [-0.15, -0.1) is 0 Å². The Kier molecular flexibility index (Phi) is 2.47. The molecule has 2 aliphatic rings. The molecule has 2 unspecified atom stereocenters. The summed E-state index contributed by atoms with van der Waals surface area (Å²) in [4.78, 5) is 0. The van der Waals surface area contributed by atoms with E-state index in [1.54, 1.807) is 0 Å². The van der Waals surface area contributed by atoms with Crippen LogP contribution in [0.5, 0.6) is 0 Å². The summed E-state index contributed by atoms with van der Waals surface area (Å²) >= 11 is 0. The lowest BCUT2D eigenvalue weighted by atomic mass is 9.90. The Balaban J connectivity index is 1.69. The molecule has 2 nitrogen and oxygen atoms in total. The third-order valence-corrected chi connectivity index (χ3v) is 3.17. The molecule has 2 saturated heterocycles. The Morgan fingerprint density at radius 3 is 2.00 bits per heavy atom. The third-order valence-electron chi connectivity index (χ3n) is 3.17. The highest BCUT2D eigenvalue weighted by molar-refractivity contribution is 5.20. The van der Waals surface area contributed by atoms with E-state index in [9.17, 15) is 0 Å². The predicted octanol–water partition coefficient (Wildman–Crippen LogP) is 2.35. The van der Waals surface area contributed by atoms with Crippen LogP contribution in [0.4, 0.5) is 0 Å². The third kappa shape index (κ3) is 2.58. The van der Waals surface area contributed by atoms with E-state index in [4.69, 9.17) is 9.47 Å². The summed E-state index contributed by atoms with van der Waals surface area (Å²) in [6.07, 6.45) is 3.33. The zero-order valence-corrected chi connectivity index (χ0v) is 8.76. The summed E-state index contributed by atoms with van der Waals surface area (Å²) in [5, 5.41) is 0. The summed E-state index contributed by atoms with van der Waals surface area (Å²) in [6.45, 7) is 1.91. The fourth-order valence-electron chi connectivity index (χ4n) is 2.14. The van der Waals surface area contributed by atoms with Crippen LogP contribution in [-0.2, 0) is 9.47 Å². The second-order valence-electron chi connectivity index (χ2n) is 4.49. The average Bonchev–Trinajstić information content (AvgIpc) is 3.13. The van der Waals surface area contributed by atoms with E-state index in [-0.39, 0.29) is 0 Å². The van der Waals surface area contributed by atoms with E-state index >= 15 is 0 Å². The van der Waals surface area contributed by atoms with Crippen LogP contribution in [0.3, 0.4) is 0 Å². The van der Waals surface area contributed by atoms with Gasteiger partial charge < -0.3 is 9.47 Å². The first kappa shape index (κ1) is 9.37. The van der Waals surface area contributed by atoms with Gasteiger partial charge in [-0.1, -0.05) is 30.3 Å². The van der Waals surface area contributed by atoms with Gasteiger partial charge in [-0.3, -0.25) is 0 Å². The van der Waals surface area contributed by atoms with Crippen molar-refractivity contribution in [3.8, 4) is 0 Å². The highest BCUT2D eigenvalue weighted by Crippen LogP contribution is 2.34. The molecule has 0 saturated carbocycles. The zero-order chi connectivity index (χ0) is 10.1. The van der Waals surface area contributed by atoms with Gasteiger partial charge in [-0.2, -0.15) is 0 Å². The van der Waals surface area contributed by atoms with Crippen LogP contribution in [0.25, 0.3) is 0 Å². The molecule has 15 heavy (non-hydrogen) atoms. The molecular weight excluding hydrogens is 188 g/mol. The Bertz CT molecular complexity index is 301. The number of hydrogen-bond acceptors (Lipinski definition) is 2. The fourth-order valence-corrected chi connectivity index (χ4v) is 2.14. The maximum absolute atomic E-state index is 5.32. The Labute approximate surface area is 90.2 Å². The van der Waals surface area contributed by atoms with Crippen molar-refractivity contribution in [3.05, 3.63) is 35.9 Å². The molecular formula is C13H16O2. The van der Waals surface area contributed by atoms with Crippen molar-refractivity contribution >= 4 is 0 Å². The number of ether oxygens (including phenoxy) is 2. The van der Waals surface area contributed by atoms with Crippen LogP contribution in [-0.4, -0.2) is 25.4 Å². The van der Waals surface area contributed by atoms with Crippen molar-refractivity contribution in [1.82, 2.24) is 0 Å². The van der Waals surface area contributed by atoms with Crippen LogP contribution in [0.15, 0.2) is 30.3 Å². The lowest BCUT2D eigenvalue weighted by molar-refractivity contribution is 0.345. The number of benzene rings is 1. The van der Waals surface area contributed by atoms with Crippen LogP contribution in [0.1, 0.15) is 24.3 Å². The SMILES string of the molecule is c1ccc(C(CC2CO2)CC2CO2)cc1. The van der Waals surface area contributed by atoms with Crippen LogP contribution in [0, 0.1) is 0 Å². The van der Waals surface area contributed by atoms with Gasteiger partial charge in [-0.25, -0.2) is 0 Å². The van der Waals surface area contributed by atoms with Crippen molar-refractivity contribution in [3.63, 3.8) is 0 Å². The van der Waals surface area contributed by atoms with Crippen LogP contribution in [0.2, 0.25) is 0 Å².